The van der Waals surface area contributed by atoms with Crippen LogP contribution in [0.1, 0.15) is 21.6 Å². The molecule has 2 aromatic carbocycles. The number of benzene rings is 2. The van der Waals surface area contributed by atoms with Crippen molar-refractivity contribution in [1.29, 1.82) is 0 Å². The van der Waals surface area contributed by atoms with Crippen LogP contribution < -0.4 is 15.4 Å². The third kappa shape index (κ3) is 3.97. The molecule has 1 heterocycles. The Hall–Kier alpha value is -3.41. The van der Waals surface area contributed by atoms with Crippen LogP contribution in [0, 0.1) is 13.8 Å². The van der Waals surface area contributed by atoms with Gasteiger partial charge in [0.15, 0.2) is 0 Å². The lowest BCUT2D eigenvalue weighted by Crippen LogP contribution is -2.15. The molecule has 6 heteroatoms. The number of carbonyl (C=O) groups excluding carboxylic acids is 1. The van der Waals surface area contributed by atoms with Crippen LogP contribution in [0.2, 0.25) is 0 Å². The molecule has 0 spiro atoms. The van der Waals surface area contributed by atoms with Crippen LogP contribution in [0.25, 0.3) is 0 Å². The lowest BCUT2D eigenvalue weighted by molar-refractivity contribution is 0.102. The molecular weight excluding hydrogens is 328 g/mol. The standard InChI is InChI=1S/C20H20N4O2/c1-13-5-4-6-17(14(13)2)24-20(25)18-11-22-19(12-21-18)23-15-7-9-16(26-3)10-8-15/h4-12H,1-3H3,(H,22,23)(H,24,25). The second kappa shape index (κ2) is 7.65. The molecule has 3 rings (SSSR count). The van der Waals surface area contributed by atoms with Crippen LogP contribution in [0.5, 0.6) is 5.75 Å². The van der Waals surface area contributed by atoms with E-state index >= 15 is 0 Å². The smallest absolute Gasteiger partial charge is 0.275 e. The van der Waals surface area contributed by atoms with Crippen molar-refractivity contribution in [2.24, 2.45) is 0 Å². The average Bonchev–Trinajstić information content (AvgIpc) is 2.66. The molecule has 1 aromatic heterocycles. The quantitative estimate of drug-likeness (QED) is 0.726. The van der Waals surface area contributed by atoms with E-state index < -0.39 is 0 Å². The van der Waals surface area contributed by atoms with E-state index in [0.717, 1.165) is 28.3 Å². The molecule has 0 aliphatic heterocycles. The number of anilines is 3. The molecule has 26 heavy (non-hydrogen) atoms. The van der Waals surface area contributed by atoms with Crippen LogP contribution in [-0.4, -0.2) is 23.0 Å². The number of aryl methyl sites for hydroxylation is 1. The third-order valence-electron chi connectivity index (χ3n) is 4.10. The van der Waals surface area contributed by atoms with Crippen LogP contribution in [0.4, 0.5) is 17.2 Å². The number of nitrogens with one attached hydrogen (secondary N) is 2. The molecule has 0 aliphatic carbocycles. The van der Waals surface area contributed by atoms with Gasteiger partial charge >= 0.3 is 0 Å². The molecular formula is C20H20N4O2. The first-order valence-corrected chi connectivity index (χ1v) is 8.17. The summed E-state index contributed by atoms with van der Waals surface area (Å²) >= 11 is 0. The average molecular weight is 348 g/mol. The molecule has 0 aliphatic rings. The van der Waals surface area contributed by atoms with Crippen LogP contribution in [0.15, 0.2) is 54.9 Å². The van der Waals surface area contributed by atoms with Gasteiger partial charge in [-0.15, -0.1) is 0 Å². The van der Waals surface area contributed by atoms with Gasteiger partial charge in [-0.05, 0) is 55.3 Å². The first kappa shape index (κ1) is 17.4. The maximum Gasteiger partial charge on any atom is 0.275 e. The summed E-state index contributed by atoms with van der Waals surface area (Å²) in [6.07, 6.45) is 2.98. The number of ether oxygens (including phenoxy) is 1. The Morgan fingerprint density at radius 1 is 1.00 bits per heavy atom. The van der Waals surface area contributed by atoms with Crippen molar-refractivity contribution >= 4 is 23.1 Å². The van der Waals surface area contributed by atoms with Gasteiger partial charge in [0.25, 0.3) is 5.91 Å². The van der Waals surface area contributed by atoms with Gasteiger partial charge in [-0.25, -0.2) is 9.97 Å². The fourth-order valence-electron chi connectivity index (χ4n) is 2.40. The third-order valence-corrected chi connectivity index (χ3v) is 4.10. The molecule has 1 amide bonds. The summed E-state index contributed by atoms with van der Waals surface area (Å²) in [7, 11) is 1.62. The largest absolute Gasteiger partial charge is 0.497 e. The number of rotatable bonds is 5. The Morgan fingerprint density at radius 3 is 2.42 bits per heavy atom. The number of hydrogen-bond acceptors (Lipinski definition) is 5. The predicted octanol–water partition coefficient (Wildman–Crippen LogP) is 4.10. The number of aromatic nitrogens is 2. The zero-order valence-corrected chi connectivity index (χ0v) is 14.9. The zero-order chi connectivity index (χ0) is 18.5. The predicted molar refractivity (Wildman–Crippen MR) is 102 cm³/mol. The highest BCUT2D eigenvalue weighted by atomic mass is 16.5. The first-order valence-electron chi connectivity index (χ1n) is 8.17. The van der Waals surface area contributed by atoms with Crippen molar-refractivity contribution in [2.75, 3.05) is 17.7 Å². The van der Waals surface area contributed by atoms with E-state index in [2.05, 4.69) is 20.6 Å². The van der Waals surface area contributed by atoms with Gasteiger partial charge in [-0.3, -0.25) is 4.79 Å². The minimum atomic E-state index is -0.290. The number of methoxy groups -OCH3 is 1. The molecule has 0 saturated carbocycles. The van der Waals surface area contributed by atoms with E-state index in [1.165, 1.54) is 12.4 Å². The van der Waals surface area contributed by atoms with Gasteiger partial charge in [0.1, 0.15) is 17.3 Å². The number of nitrogens with zero attached hydrogens (tertiary/aromatic N) is 2. The first-order chi connectivity index (χ1) is 12.6. The van der Waals surface area contributed by atoms with E-state index in [1.54, 1.807) is 7.11 Å². The molecule has 132 valence electrons. The Kier molecular flexibility index (Phi) is 5.12. The van der Waals surface area contributed by atoms with Crippen molar-refractivity contribution in [3.63, 3.8) is 0 Å². The van der Waals surface area contributed by atoms with Crippen molar-refractivity contribution in [3.8, 4) is 5.75 Å². The zero-order valence-electron chi connectivity index (χ0n) is 14.9. The Labute approximate surface area is 152 Å². The summed E-state index contributed by atoms with van der Waals surface area (Å²) in [6.45, 7) is 3.98. The summed E-state index contributed by atoms with van der Waals surface area (Å²) in [4.78, 5) is 20.8. The number of hydrogen-bond donors (Lipinski definition) is 2. The molecule has 0 fully saturated rings. The highest BCUT2D eigenvalue weighted by molar-refractivity contribution is 6.03. The maximum atomic E-state index is 12.4. The molecule has 0 saturated heterocycles. The fourth-order valence-corrected chi connectivity index (χ4v) is 2.40. The van der Waals surface area contributed by atoms with Crippen molar-refractivity contribution in [3.05, 3.63) is 71.7 Å². The summed E-state index contributed by atoms with van der Waals surface area (Å²) < 4.78 is 5.13. The van der Waals surface area contributed by atoms with Crippen molar-refractivity contribution < 1.29 is 9.53 Å². The Bertz CT molecular complexity index is 906. The summed E-state index contributed by atoms with van der Waals surface area (Å²) in [6, 6.07) is 13.2. The fraction of sp³-hybridized carbons (Fsp3) is 0.150. The lowest BCUT2D eigenvalue weighted by Gasteiger charge is -2.10. The highest BCUT2D eigenvalue weighted by Gasteiger charge is 2.10. The Balaban J connectivity index is 1.68. The van der Waals surface area contributed by atoms with E-state index in [1.807, 2.05) is 56.3 Å². The van der Waals surface area contributed by atoms with Crippen molar-refractivity contribution in [1.82, 2.24) is 9.97 Å². The molecule has 0 radical (unpaired) electrons. The van der Waals surface area contributed by atoms with Gasteiger partial charge in [0.05, 0.1) is 19.5 Å². The lowest BCUT2D eigenvalue weighted by atomic mass is 10.1. The van der Waals surface area contributed by atoms with Crippen LogP contribution in [-0.2, 0) is 0 Å². The maximum absolute atomic E-state index is 12.4. The Morgan fingerprint density at radius 2 is 1.77 bits per heavy atom. The van der Waals surface area contributed by atoms with E-state index in [4.69, 9.17) is 4.74 Å². The SMILES string of the molecule is COc1ccc(Nc2cnc(C(=O)Nc3cccc(C)c3C)cn2)cc1. The number of amides is 1. The molecule has 3 aromatic rings. The second-order valence-electron chi connectivity index (χ2n) is 5.84. The van der Waals surface area contributed by atoms with E-state index in [0.29, 0.717) is 5.82 Å². The second-order valence-corrected chi connectivity index (χ2v) is 5.84. The molecule has 0 bridgehead atoms. The molecule has 0 atom stereocenters. The van der Waals surface area contributed by atoms with E-state index in [9.17, 15) is 4.79 Å². The number of carbonyl (C=O) groups is 1. The minimum absolute atomic E-state index is 0.256. The molecule has 2 N–H and O–H groups in total. The topological polar surface area (TPSA) is 76.1 Å². The van der Waals surface area contributed by atoms with Gasteiger partial charge in [0, 0.05) is 11.4 Å². The normalized spacial score (nSPS) is 10.3. The summed E-state index contributed by atoms with van der Waals surface area (Å²) in [5.74, 6) is 1.04. The summed E-state index contributed by atoms with van der Waals surface area (Å²) in [5.41, 5.74) is 4.04. The highest BCUT2D eigenvalue weighted by Crippen LogP contribution is 2.20. The summed E-state index contributed by atoms with van der Waals surface area (Å²) in [5, 5.41) is 6.00. The van der Waals surface area contributed by atoms with Gasteiger partial charge in [-0.1, -0.05) is 12.1 Å². The van der Waals surface area contributed by atoms with Gasteiger partial charge in [-0.2, -0.15) is 0 Å². The van der Waals surface area contributed by atoms with Crippen molar-refractivity contribution in [2.45, 2.75) is 13.8 Å². The minimum Gasteiger partial charge on any atom is -0.497 e. The van der Waals surface area contributed by atoms with Crippen LogP contribution >= 0.6 is 0 Å². The van der Waals surface area contributed by atoms with Crippen LogP contribution in [0.3, 0.4) is 0 Å². The van der Waals surface area contributed by atoms with E-state index in [-0.39, 0.29) is 11.6 Å². The van der Waals surface area contributed by atoms with Gasteiger partial charge < -0.3 is 15.4 Å². The van der Waals surface area contributed by atoms with Gasteiger partial charge in [0.2, 0.25) is 0 Å². The monoisotopic (exact) mass is 348 g/mol. The molecule has 0 unspecified atom stereocenters. The molecule has 6 nitrogen and oxygen atoms in total.